The van der Waals surface area contributed by atoms with Crippen molar-refractivity contribution in [2.75, 3.05) is 4.90 Å². The van der Waals surface area contributed by atoms with Crippen molar-refractivity contribution in [1.29, 1.82) is 5.26 Å². The zero-order valence-electron chi connectivity index (χ0n) is 21.7. The maximum atomic E-state index is 11.3. The molecule has 0 bridgehead atoms. The van der Waals surface area contributed by atoms with Crippen molar-refractivity contribution in [2.24, 2.45) is 0 Å². The lowest BCUT2D eigenvalue weighted by atomic mass is 9.93. The van der Waals surface area contributed by atoms with Gasteiger partial charge in [0.15, 0.2) is 0 Å². The molecular formula is C32H24N4O2S2. The summed E-state index contributed by atoms with van der Waals surface area (Å²) in [6.07, 6.45) is 5.07. The van der Waals surface area contributed by atoms with Gasteiger partial charge in [-0.05, 0) is 73.4 Å². The van der Waals surface area contributed by atoms with Gasteiger partial charge in [0, 0.05) is 44.2 Å². The van der Waals surface area contributed by atoms with Gasteiger partial charge in [-0.15, -0.1) is 11.3 Å². The summed E-state index contributed by atoms with van der Waals surface area (Å²) in [5.41, 5.74) is 9.84. The van der Waals surface area contributed by atoms with Crippen LogP contribution in [0.25, 0.3) is 38.7 Å². The molecule has 196 valence electrons. The first kappa shape index (κ1) is 24.7. The molecule has 6 nitrogen and oxygen atoms in total. The number of hydrogen-bond acceptors (Lipinski definition) is 7. The number of hydrogen-bond donors (Lipinski definition) is 1. The Morgan fingerprint density at radius 2 is 1.80 bits per heavy atom. The zero-order chi connectivity index (χ0) is 27.4. The summed E-state index contributed by atoms with van der Waals surface area (Å²) < 4.78 is 9.34. The first-order valence-corrected chi connectivity index (χ1v) is 14.8. The van der Waals surface area contributed by atoms with Gasteiger partial charge in [0.05, 0.1) is 11.7 Å². The highest BCUT2D eigenvalue weighted by Crippen LogP contribution is 2.53. The van der Waals surface area contributed by atoms with Gasteiger partial charge in [-0.3, -0.25) is 0 Å². The second kappa shape index (κ2) is 9.70. The van der Waals surface area contributed by atoms with E-state index in [0.29, 0.717) is 16.8 Å². The van der Waals surface area contributed by atoms with Crippen LogP contribution in [-0.4, -0.2) is 25.9 Å². The molecule has 0 radical (unpaired) electrons. The molecule has 0 amide bonds. The fourth-order valence-electron chi connectivity index (χ4n) is 6.22. The number of fused-ring (bicyclic) bond motifs is 4. The maximum absolute atomic E-state index is 11.3. The second-order valence-electron chi connectivity index (χ2n) is 10.4. The molecule has 5 aromatic rings. The minimum Gasteiger partial charge on any atom is -0.477 e. The van der Waals surface area contributed by atoms with E-state index < -0.39 is 5.97 Å². The van der Waals surface area contributed by atoms with Gasteiger partial charge in [0.25, 0.3) is 0 Å². The number of aryl methyl sites for hydroxylation is 1. The SMILES string of the molecule is Cc1ccc(N2c3ccc(-c4ccc(-c5ccc(/C=C(\C#N)C(=O)O)s5)c5nsnc45)cc3C3CCCC32)cc1. The normalized spacial score (nSPS) is 18.1. The van der Waals surface area contributed by atoms with Gasteiger partial charge in [-0.1, -0.05) is 42.3 Å². The Kier molecular flexibility index (Phi) is 5.99. The third-order valence-corrected chi connectivity index (χ3v) is 9.66. The number of benzene rings is 3. The summed E-state index contributed by atoms with van der Waals surface area (Å²) in [4.78, 5) is 15.5. The summed E-state index contributed by atoms with van der Waals surface area (Å²) in [5, 5.41) is 18.3. The second-order valence-corrected chi connectivity index (χ2v) is 12.0. The third-order valence-electron chi connectivity index (χ3n) is 8.07. The predicted octanol–water partition coefficient (Wildman–Crippen LogP) is 8.17. The van der Waals surface area contributed by atoms with Crippen LogP contribution in [0.5, 0.6) is 0 Å². The Hall–Kier alpha value is -4.32. The number of carboxylic acid groups (broad SMARTS) is 1. The minimum atomic E-state index is -1.23. The molecule has 40 heavy (non-hydrogen) atoms. The zero-order valence-corrected chi connectivity index (χ0v) is 23.3. The number of anilines is 2. The summed E-state index contributed by atoms with van der Waals surface area (Å²) in [7, 11) is 0. The van der Waals surface area contributed by atoms with Crippen LogP contribution in [0.4, 0.5) is 11.4 Å². The molecule has 1 saturated carbocycles. The van der Waals surface area contributed by atoms with Crippen LogP contribution in [-0.2, 0) is 4.79 Å². The summed E-state index contributed by atoms with van der Waals surface area (Å²) in [6, 6.07) is 25.9. The van der Waals surface area contributed by atoms with Gasteiger partial charge in [0.2, 0.25) is 0 Å². The molecule has 2 aliphatic rings. The molecule has 0 spiro atoms. The fourth-order valence-corrected chi connectivity index (χ4v) is 7.77. The monoisotopic (exact) mass is 560 g/mol. The molecule has 2 atom stereocenters. The number of thiophene rings is 1. The molecule has 7 rings (SSSR count). The van der Waals surface area contributed by atoms with E-state index in [-0.39, 0.29) is 5.57 Å². The molecule has 2 unspecified atom stereocenters. The van der Waals surface area contributed by atoms with Gasteiger partial charge in [-0.2, -0.15) is 14.0 Å². The first-order valence-electron chi connectivity index (χ1n) is 13.2. The molecule has 3 aromatic carbocycles. The van der Waals surface area contributed by atoms with E-state index in [4.69, 9.17) is 9.64 Å². The molecule has 1 aliphatic carbocycles. The van der Waals surface area contributed by atoms with Gasteiger partial charge < -0.3 is 10.0 Å². The van der Waals surface area contributed by atoms with Crippen molar-refractivity contribution in [3.63, 3.8) is 0 Å². The molecule has 3 heterocycles. The maximum Gasteiger partial charge on any atom is 0.346 e. The van der Waals surface area contributed by atoms with Gasteiger partial charge in [0.1, 0.15) is 22.7 Å². The topological polar surface area (TPSA) is 90.1 Å². The lowest BCUT2D eigenvalue weighted by Gasteiger charge is -2.27. The molecule has 1 N–H and O–H groups in total. The van der Waals surface area contributed by atoms with E-state index in [1.54, 1.807) is 6.07 Å². The van der Waals surface area contributed by atoms with Crippen molar-refractivity contribution in [2.45, 2.75) is 38.1 Å². The molecule has 1 fully saturated rings. The highest BCUT2D eigenvalue weighted by molar-refractivity contribution is 7.16. The van der Waals surface area contributed by atoms with E-state index in [2.05, 4.69) is 70.8 Å². The minimum absolute atomic E-state index is 0.286. The largest absolute Gasteiger partial charge is 0.477 e. The molecule has 8 heteroatoms. The van der Waals surface area contributed by atoms with Crippen LogP contribution >= 0.6 is 23.1 Å². The van der Waals surface area contributed by atoms with E-state index in [1.165, 1.54) is 70.9 Å². The Bertz CT molecular complexity index is 1860. The lowest BCUT2D eigenvalue weighted by Crippen LogP contribution is -2.26. The van der Waals surface area contributed by atoms with Crippen molar-refractivity contribution in [3.05, 3.63) is 88.3 Å². The lowest BCUT2D eigenvalue weighted by molar-refractivity contribution is -0.132. The van der Waals surface area contributed by atoms with Crippen molar-refractivity contribution in [3.8, 4) is 27.6 Å². The fraction of sp³-hybridized carbons (Fsp3) is 0.188. The number of aliphatic carboxylic acids is 1. The standard InChI is InChI=1S/C32H24N4O2S2/c1-18-5-8-21(9-6-18)36-27-4-2-3-24(27)26-16-19(7-13-28(26)36)23-11-12-25(31-30(23)34-40-35-31)29-14-10-22(39-29)15-20(17-33)32(37)38/h5-16,24,27H,2-4H2,1H3,(H,37,38)/b20-15+. The van der Waals surface area contributed by atoms with Crippen LogP contribution in [0.15, 0.2) is 72.3 Å². The van der Waals surface area contributed by atoms with Crippen LogP contribution in [0.2, 0.25) is 0 Å². The highest BCUT2D eigenvalue weighted by atomic mass is 32.1. The predicted molar refractivity (Wildman–Crippen MR) is 161 cm³/mol. The Balaban J connectivity index is 1.28. The first-order chi connectivity index (χ1) is 19.5. The summed E-state index contributed by atoms with van der Waals surface area (Å²) >= 11 is 2.63. The number of aromatic nitrogens is 2. The Labute approximate surface area is 239 Å². The number of rotatable bonds is 5. The average molecular weight is 561 g/mol. The van der Waals surface area contributed by atoms with Crippen LogP contribution < -0.4 is 4.90 Å². The molecule has 2 aromatic heterocycles. The number of nitrogens with zero attached hydrogens (tertiary/aromatic N) is 4. The van der Waals surface area contributed by atoms with Crippen LogP contribution in [0.1, 0.15) is 41.2 Å². The van der Waals surface area contributed by atoms with Crippen molar-refractivity contribution in [1.82, 2.24) is 8.75 Å². The van der Waals surface area contributed by atoms with Crippen LogP contribution in [0.3, 0.4) is 0 Å². The number of carboxylic acids is 1. The molecular weight excluding hydrogens is 537 g/mol. The van der Waals surface area contributed by atoms with E-state index in [9.17, 15) is 9.90 Å². The van der Waals surface area contributed by atoms with Crippen molar-refractivity contribution < 1.29 is 9.90 Å². The average Bonchev–Trinajstić information content (AvgIpc) is 3.76. The highest BCUT2D eigenvalue weighted by Gasteiger charge is 2.42. The summed E-state index contributed by atoms with van der Waals surface area (Å²) in [5.74, 6) is -0.700. The number of carbonyl (C=O) groups is 1. The van der Waals surface area contributed by atoms with Crippen molar-refractivity contribution >= 4 is 57.5 Å². The van der Waals surface area contributed by atoms with E-state index in [1.807, 2.05) is 12.1 Å². The van der Waals surface area contributed by atoms with E-state index >= 15 is 0 Å². The van der Waals surface area contributed by atoms with Crippen LogP contribution in [0, 0.1) is 18.3 Å². The molecule has 0 saturated heterocycles. The van der Waals surface area contributed by atoms with Gasteiger partial charge >= 0.3 is 5.97 Å². The van der Waals surface area contributed by atoms with E-state index in [0.717, 1.165) is 32.6 Å². The quantitative estimate of drug-likeness (QED) is 0.172. The Morgan fingerprint density at radius 3 is 2.58 bits per heavy atom. The smallest absolute Gasteiger partial charge is 0.346 e. The van der Waals surface area contributed by atoms with Gasteiger partial charge in [-0.25, -0.2) is 4.79 Å². The Morgan fingerprint density at radius 1 is 1.02 bits per heavy atom. The third kappa shape index (κ3) is 4.01. The molecule has 1 aliphatic heterocycles. The number of nitriles is 1. The summed E-state index contributed by atoms with van der Waals surface area (Å²) in [6.45, 7) is 2.13.